The number of nitrogens with two attached hydrogens (primary N) is 1. The maximum absolute atomic E-state index is 12.2. The number of nitrogens with zero attached hydrogens (tertiary/aromatic N) is 2. The second kappa shape index (κ2) is 6.28. The topological polar surface area (TPSA) is 83.5 Å². The van der Waals surface area contributed by atoms with Crippen molar-refractivity contribution in [2.75, 3.05) is 32.9 Å². The number of nitrogen functional groups attached to an aromatic ring is 1. The SMILES string of the molecule is CC(C)n1cc(N)cc1C(=O)NCC(C)(O)CN(C)C. The van der Waals surface area contributed by atoms with Crippen LogP contribution in [-0.2, 0) is 0 Å². The van der Waals surface area contributed by atoms with E-state index in [-0.39, 0.29) is 18.5 Å². The lowest BCUT2D eigenvalue weighted by atomic mass is 10.1. The fourth-order valence-corrected chi connectivity index (χ4v) is 2.21. The number of carbonyl (C=O) groups excluding carboxylic acids is 1. The van der Waals surface area contributed by atoms with Gasteiger partial charge in [-0.05, 0) is 40.9 Å². The Morgan fingerprint density at radius 2 is 2.15 bits per heavy atom. The van der Waals surface area contributed by atoms with Gasteiger partial charge in [0.2, 0.25) is 0 Å². The first-order chi connectivity index (χ1) is 9.12. The highest BCUT2D eigenvalue weighted by Gasteiger charge is 2.23. The third kappa shape index (κ3) is 4.54. The van der Waals surface area contributed by atoms with Crippen LogP contribution in [0, 0.1) is 0 Å². The molecule has 0 saturated heterocycles. The van der Waals surface area contributed by atoms with Crippen LogP contribution in [0.3, 0.4) is 0 Å². The molecule has 1 unspecified atom stereocenters. The molecule has 1 aromatic rings. The number of aliphatic hydroxyl groups is 1. The van der Waals surface area contributed by atoms with Gasteiger partial charge in [-0.2, -0.15) is 0 Å². The van der Waals surface area contributed by atoms with Crippen LogP contribution in [0.15, 0.2) is 12.3 Å². The van der Waals surface area contributed by atoms with Gasteiger partial charge in [-0.25, -0.2) is 0 Å². The van der Waals surface area contributed by atoms with Gasteiger partial charge in [-0.15, -0.1) is 0 Å². The minimum Gasteiger partial charge on any atom is -0.397 e. The molecule has 1 atom stereocenters. The van der Waals surface area contributed by atoms with E-state index in [9.17, 15) is 9.90 Å². The van der Waals surface area contributed by atoms with E-state index in [0.29, 0.717) is 17.9 Å². The predicted molar refractivity (Wildman–Crippen MR) is 80.7 cm³/mol. The molecule has 0 aliphatic heterocycles. The van der Waals surface area contributed by atoms with Crippen molar-refractivity contribution in [1.82, 2.24) is 14.8 Å². The largest absolute Gasteiger partial charge is 0.397 e. The molecule has 6 nitrogen and oxygen atoms in total. The summed E-state index contributed by atoms with van der Waals surface area (Å²) in [6.07, 6.45) is 1.75. The number of carbonyl (C=O) groups is 1. The molecule has 1 amide bonds. The molecule has 114 valence electrons. The van der Waals surface area contributed by atoms with Crippen LogP contribution >= 0.6 is 0 Å². The number of anilines is 1. The first kappa shape index (κ1) is 16.5. The minimum atomic E-state index is -0.972. The molecule has 20 heavy (non-hydrogen) atoms. The molecule has 1 rings (SSSR count). The maximum atomic E-state index is 12.2. The zero-order valence-corrected chi connectivity index (χ0v) is 13.0. The zero-order chi connectivity index (χ0) is 15.5. The van der Waals surface area contributed by atoms with Crippen molar-refractivity contribution >= 4 is 11.6 Å². The fraction of sp³-hybridized carbons (Fsp3) is 0.643. The summed E-state index contributed by atoms with van der Waals surface area (Å²) in [4.78, 5) is 14.1. The fourth-order valence-electron chi connectivity index (χ4n) is 2.21. The van der Waals surface area contributed by atoms with Gasteiger partial charge in [0.15, 0.2) is 0 Å². The lowest BCUT2D eigenvalue weighted by molar-refractivity contribution is 0.0324. The summed E-state index contributed by atoms with van der Waals surface area (Å²) in [7, 11) is 3.75. The van der Waals surface area contributed by atoms with Gasteiger partial charge < -0.3 is 25.6 Å². The second-order valence-corrected chi connectivity index (χ2v) is 6.08. The Balaban J connectivity index is 2.73. The molecule has 6 heteroatoms. The van der Waals surface area contributed by atoms with E-state index in [2.05, 4.69) is 5.32 Å². The molecular formula is C14H26N4O2. The summed E-state index contributed by atoms with van der Waals surface area (Å²) in [5.41, 5.74) is 5.85. The smallest absolute Gasteiger partial charge is 0.268 e. The molecule has 1 aromatic heterocycles. The lowest BCUT2D eigenvalue weighted by Crippen LogP contribution is -2.47. The quantitative estimate of drug-likeness (QED) is 0.717. The highest BCUT2D eigenvalue weighted by atomic mass is 16.3. The molecule has 0 aromatic carbocycles. The highest BCUT2D eigenvalue weighted by Crippen LogP contribution is 2.16. The van der Waals surface area contributed by atoms with E-state index >= 15 is 0 Å². The first-order valence-electron chi connectivity index (χ1n) is 6.75. The number of rotatable bonds is 6. The summed E-state index contributed by atoms with van der Waals surface area (Å²) in [5.74, 6) is -0.227. The van der Waals surface area contributed by atoms with Crippen LogP contribution in [0.5, 0.6) is 0 Å². The third-order valence-electron chi connectivity index (χ3n) is 2.95. The van der Waals surface area contributed by atoms with Crippen LogP contribution in [-0.4, -0.2) is 53.3 Å². The molecule has 0 bridgehead atoms. The van der Waals surface area contributed by atoms with E-state index in [4.69, 9.17) is 5.73 Å². The Labute approximate surface area is 120 Å². The molecule has 0 spiro atoms. The number of amides is 1. The molecular weight excluding hydrogens is 256 g/mol. The minimum absolute atomic E-state index is 0.148. The zero-order valence-electron chi connectivity index (χ0n) is 13.0. The Bertz CT molecular complexity index is 464. The van der Waals surface area contributed by atoms with Crippen LogP contribution in [0.1, 0.15) is 37.3 Å². The predicted octanol–water partition coefficient (Wildman–Crippen LogP) is 0.694. The Kier molecular flexibility index (Phi) is 5.19. The molecule has 0 aliphatic rings. The van der Waals surface area contributed by atoms with E-state index in [0.717, 1.165) is 0 Å². The van der Waals surface area contributed by atoms with Crippen molar-refractivity contribution in [3.8, 4) is 0 Å². The van der Waals surface area contributed by atoms with Crippen LogP contribution in [0.4, 0.5) is 5.69 Å². The normalized spacial score (nSPS) is 14.6. The summed E-state index contributed by atoms with van der Waals surface area (Å²) in [6, 6.07) is 1.80. The van der Waals surface area contributed by atoms with E-state index < -0.39 is 5.60 Å². The summed E-state index contributed by atoms with van der Waals surface area (Å²) >= 11 is 0. The summed E-state index contributed by atoms with van der Waals surface area (Å²) in [5, 5.41) is 12.9. The van der Waals surface area contributed by atoms with Gasteiger partial charge in [-0.3, -0.25) is 4.79 Å². The average molecular weight is 282 g/mol. The molecule has 1 heterocycles. The summed E-state index contributed by atoms with van der Waals surface area (Å²) < 4.78 is 1.82. The van der Waals surface area contributed by atoms with Crippen molar-refractivity contribution in [1.29, 1.82) is 0 Å². The van der Waals surface area contributed by atoms with Gasteiger partial charge in [0.1, 0.15) is 5.69 Å². The van der Waals surface area contributed by atoms with E-state index in [1.807, 2.05) is 37.4 Å². The monoisotopic (exact) mass is 282 g/mol. The molecule has 4 N–H and O–H groups in total. The van der Waals surface area contributed by atoms with Crippen LogP contribution < -0.4 is 11.1 Å². The van der Waals surface area contributed by atoms with Crippen molar-refractivity contribution in [3.05, 3.63) is 18.0 Å². The molecule has 0 radical (unpaired) electrons. The number of aromatic nitrogens is 1. The van der Waals surface area contributed by atoms with Crippen LogP contribution in [0.25, 0.3) is 0 Å². The number of likely N-dealkylation sites (N-methyl/N-ethyl adjacent to an activating group) is 1. The van der Waals surface area contributed by atoms with Crippen molar-refractivity contribution in [2.45, 2.75) is 32.4 Å². The number of hydrogen-bond acceptors (Lipinski definition) is 4. The third-order valence-corrected chi connectivity index (χ3v) is 2.95. The second-order valence-electron chi connectivity index (χ2n) is 6.08. The number of hydrogen-bond donors (Lipinski definition) is 3. The van der Waals surface area contributed by atoms with Crippen molar-refractivity contribution in [3.63, 3.8) is 0 Å². The van der Waals surface area contributed by atoms with Crippen LogP contribution in [0.2, 0.25) is 0 Å². The standard InChI is InChI=1S/C14H26N4O2/c1-10(2)18-7-11(15)6-12(18)13(19)16-8-14(3,20)9-17(4)5/h6-7,10,20H,8-9,15H2,1-5H3,(H,16,19). The lowest BCUT2D eigenvalue weighted by Gasteiger charge is -2.27. The first-order valence-corrected chi connectivity index (χ1v) is 6.75. The van der Waals surface area contributed by atoms with Crippen molar-refractivity contribution < 1.29 is 9.90 Å². The van der Waals surface area contributed by atoms with Gasteiger partial charge in [0, 0.05) is 25.3 Å². The maximum Gasteiger partial charge on any atom is 0.268 e. The summed E-state index contributed by atoms with van der Waals surface area (Å²) in [6.45, 7) is 6.33. The average Bonchev–Trinajstić information content (AvgIpc) is 2.67. The molecule has 0 fully saturated rings. The number of nitrogens with one attached hydrogen (secondary N) is 1. The Morgan fingerprint density at radius 3 is 2.65 bits per heavy atom. The van der Waals surface area contributed by atoms with Gasteiger partial charge >= 0.3 is 0 Å². The molecule has 0 aliphatic carbocycles. The Hall–Kier alpha value is -1.53. The molecule has 0 saturated carbocycles. The van der Waals surface area contributed by atoms with Gasteiger partial charge in [0.05, 0.1) is 11.3 Å². The van der Waals surface area contributed by atoms with E-state index in [1.54, 1.807) is 19.2 Å². The highest BCUT2D eigenvalue weighted by molar-refractivity contribution is 5.93. The Morgan fingerprint density at radius 1 is 1.55 bits per heavy atom. The van der Waals surface area contributed by atoms with E-state index in [1.165, 1.54) is 0 Å². The van der Waals surface area contributed by atoms with Gasteiger partial charge in [-0.1, -0.05) is 0 Å². The van der Waals surface area contributed by atoms with Gasteiger partial charge in [0.25, 0.3) is 5.91 Å². The van der Waals surface area contributed by atoms with Crippen molar-refractivity contribution in [2.24, 2.45) is 0 Å².